The normalized spacial score (nSPS) is 10.4. The van der Waals surface area contributed by atoms with Crippen LogP contribution in [-0.2, 0) is 17.9 Å². The Balaban J connectivity index is 2.14. The second kappa shape index (κ2) is 6.15. The van der Waals surface area contributed by atoms with Crippen LogP contribution in [0.25, 0.3) is 0 Å². The van der Waals surface area contributed by atoms with Crippen LogP contribution in [0.3, 0.4) is 0 Å². The monoisotopic (exact) mass is 259 g/mol. The maximum Gasteiger partial charge on any atom is 0.254 e. The Bertz CT molecular complexity index is 537. The number of rotatable bonds is 5. The molecule has 0 aliphatic rings. The summed E-state index contributed by atoms with van der Waals surface area (Å²) in [4.78, 5) is 14.1. The number of aromatic amines is 1. The molecule has 5 heteroatoms. The molecule has 0 saturated heterocycles. The molecule has 0 fully saturated rings. The molecule has 2 aromatic rings. The van der Waals surface area contributed by atoms with E-state index in [-0.39, 0.29) is 5.91 Å². The van der Waals surface area contributed by atoms with Crippen LogP contribution in [0.5, 0.6) is 0 Å². The van der Waals surface area contributed by atoms with Crippen molar-refractivity contribution in [3.63, 3.8) is 0 Å². The van der Waals surface area contributed by atoms with Gasteiger partial charge in [-0.1, -0.05) is 18.2 Å². The average molecular weight is 259 g/mol. The number of hydrogen-bond donors (Lipinski definition) is 1. The van der Waals surface area contributed by atoms with Gasteiger partial charge in [-0.2, -0.15) is 5.10 Å². The molecule has 0 radical (unpaired) electrons. The summed E-state index contributed by atoms with van der Waals surface area (Å²) in [6.45, 7) is 0.956. The van der Waals surface area contributed by atoms with Gasteiger partial charge >= 0.3 is 0 Å². The van der Waals surface area contributed by atoms with Crippen LogP contribution in [-0.4, -0.2) is 35.2 Å². The lowest BCUT2D eigenvalue weighted by Gasteiger charge is -2.18. The van der Waals surface area contributed by atoms with Crippen LogP contribution < -0.4 is 0 Å². The number of benzene rings is 1. The fraction of sp³-hybridized carbons (Fsp3) is 0.286. The Morgan fingerprint density at radius 1 is 1.42 bits per heavy atom. The molecule has 1 aromatic carbocycles. The number of ether oxygens (including phenoxy) is 1. The molecule has 0 saturated carbocycles. The zero-order valence-electron chi connectivity index (χ0n) is 11.1. The Morgan fingerprint density at radius 2 is 2.21 bits per heavy atom. The molecule has 1 amide bonds. The number of carbonyl (C=O) groups is 1. The molecule has 5 nitrogen and oxygen atoms in total. The Hall–Kier alpha value is -2.14. The predicted molar refractivity (Wildman–Crippen MR) is 71.5 cm³/mol. The molecule has 1 aromatic heterocycles. The number of methoxy groups -OCH3 is 1. The van der Waals surface area contributed by atoms with Gasteiger partial charge < -0.3 is 9.64 Å². The van der Waals surface area contributed by atoms with Crippen LogP contribution in [0.4, 0.5) is 0 Å². The topological polar surface area (TPSA) is 58.2 Å². The van der Waals surface area contributed by atoms with Gasteiger partial charge in [0.2, 0.25) is 0 Å². The zero-order valence-corrected chi connectivity index (χ0v) is 11.1. The van der Waals surface area contributed by atoms with Crippen molar-refractivity contribution in [2.45, 2.75) is 13.2 Å². The second-order valence-electron chi connectivity index (χ2n) is 4.36. The Kier molecular flexibility index (Phi) is 4.30. The average Bonchev–Trinajstić information content (AvgIpc) is 2.92. The van der Waals surface area contributed by atoms with Gasteiger partial charge in [0.05, 0.1) is 12.8 Å². The molecule has 2 rings (SSSR count). The van der Waals surface area contributed by atoms with Crippen molar-refractivity contribution in [1.29, 1.82) is 0 Å². The molecule has 1 N–H and O–H groups in total. The number of aromatic nitrogens is 2. The fourth-order valence-corrected chi connectivity index (χ4v) is 1.93. The van der Waals surface area contributed by atoms with Crippen LogP contribution >= 0.6 is 0 Å². The number of amides is 1. The van der Waals surface area contributed by atoms with Crippen LogP contribution in [0.2, 0.25) is 0 Å². The summed E-state index contributed by atoms with van der Waals surface area (Å²) >= 11 is 0. The minimum atomic E-state index is -0.0196. The SMILES string of the molecule is COCc1ccccc1C(=O)N(C)Cc1cn[nH]c1. The van der Waals surface area contributed by atoms with Crippen molar-refractivity contribution in [2.24, 2.45) is 0 Å². The smallest absolute Gasteiger partial charge is 0.254 e. The summed E-state index contributed by atoms with van der Waals surface area (Å²) < 4.78 is 5.12. The third-order valence-electron chi connectivity index (χ3n) is 2.87. The minimum absolute atomic E-state index is 0.0196. The number of nitrogens with zero attached hydrogens (tertiary/aromatic N) is 2. The highest BCUT2D eigenvalue weighted by atomic mass is 16.5. The molecule has 0 unspecified atom stereocenters. The number of nitrogens with one attached hydrogen (secondary N) is 1. The molecule has 19 heavy (non-hydrogen) atoms. The van der Waals surface area contributed by atoms with E-state index in [2.05, 4.69) is 10.2 Å². The lowest BCUT2D eigenvalue weighted by Crippen LogP contribution is -2.27. The van der Waals surface area contributed by atoms with Crippen molar-refractivity contribution in [2.75, 3.05) is 14.2 Å². The van der Waals surface area contributed by atoms with Gasteiger partial charge in [-0.3, -0.25) is 9.89 Å². The number of hydrogen-bond acceptors (Lipinski definition) is 3. The summed E-state index contributed by atoms with van der Waals surface area (Å²) in [5, 5.41) is 6.61. The third-order valence-corrected chi connectivity index (χ3v) is 2.87. The number of carbonyl (C=O) groups excluding carboxylic acids is 1. The third kappa shape index (κ3) is 3.20. The van der Waals surface area contributed by atoms with E-state index in [0.29, 0.717) is 18.7 Å². The van der Waals surface area contributed by atoms with E-state index in [1.807, 2.05) is 24.3 Å². The molecule has 0 aliphatic carbocycles. The fourth-order valence-electron chi connectivity index (χ4n) is 1.93. The van der Waals surface area contributed by atoms with E-state index in [0.717, 1.165) is 11.1 Å². The van der Waals surface area contributed by atoms with E-state index in [4.69, 9.17) is 4.74 Å². The van der Waals surface area contributed by atoms with Crippen LogP contribution in [0, 0.1) is 0 Å². The Morgan fingerprint density at radius 3 is 2.89 bits per heavy atom. The van der Waals surface area contributed by atoms with E-state index in [9.17, 15) is 4.79 Å². The maximum atomic E-state index is 12.4. The van der Waals surface area contributed by atoms with Crippen molar-refractivity contribution in [1.82, 2.24) is 15.1 Å². The molecular formula is C14H17N3O2. The van der Waals surface area contributed by atoms with E-state index in [1.165, 1.54) is 0 Å². The first-order valence-corrected chi connectivity index (χ1v) is 6.02. The summed E-state index contributed by atoms with van der Waals surface area (Å²) in [5.41, 5.74) is 2.55. The van der Waals surface area contributed by atoms with Crippen LogP contribution in [0.15, 0.2) is 36.7 Å². The van der Waals surface area contributed by atoms with Gasteiger partial charge in [-0.25, -0.2) is 0 Å². The summed E-state index contributed by atoms with van der Waals surface area (Å²) in [6, 6.07) is 7.49. The highest BCUT2D eigenvalue weighted by molar-refractivity contribution is 5.95. The summed E-state index contributed by atoms with van der Waals surface area (Å²) in [7, 11) is 3.40. The van der Waals surface area contributed by atoms with E-state index in [1.54, 1.807) is 31.5 Å². The zero-order chi connectivity index (χ0) is 13.7. The largest absolute Gasteiger partial charge is 0.380 e. The molecular weight excluding hydrogens is 242 g/mol. The maximum absolute atomic E-state index is 12.4. The predicted octanol–water partition coefficient (Wildman–Crippen LogP) is 1.83. The Labute approximate surface area is 112 Å². The number of H-pyrrole nitrogens is 1. The summed E-state index contributed by atoms with van der Waals surface area (Å²) in [6.07, 6.45) is 3.50. The highest BCUT2D eigenvalue weighted by Gasteiger charge is 2.15. The highest BCUT2D eigenvalue weighted by Crippen LogP contribution is 2.13. The summed E-state index contributed by atoms with van der Waals surface area (Å²) in [5.74, 6) is -0.0196. The molecule has 0 atom stereocenters. The van der Waals surface area contributed by atoms with Crippen molar-refractivity contribution < 1.29 is 9.53 Å². The first-order valence-electron chi connectivity index (χ1n) is 6.02. The van der Waals surface area contributed by atoms with Gasteiger partial charge in [0.1, 0.15) is 0 Å². The van der Waals surface area contributed by atoms with Gasteiger partial charge in [0, 0.05) is 38.0 Å². The molecule has 0 bridgehead atoms. The van der Waals surface area contributed by atoms with Crippen molar-refractivity contribution in [3.8, 4) is 0 Å². The first-order chi connectivity index (χ1) is 9.22. The molecule has 1 heterocycles. The van der Waals surface area contributed by atoms with Crippen molar-refractivity contribution in [3.05, 3.63) is 53.3 Å². The van der Waals surface area contributed by atoms with Crippen LogP contribution in [0.1, 0.15) is 21.5 Å². The second-order valence-corrected chi connectivity index (χ2v) is 4.36. The van der Waals surface area contributed by atoms with E-state index < -0.39 is 0 Å². The lowest BCUT2D eigenvalue weighted by molar-refractivity contribution is 0.0780. The van der Waals surface area contributed by atoms with Gasteiger partial charge in [-0.15, -0.1) is 0 Å². The minimum Gasteiger partial charge on any atom is -0.380 e. The van der Waals surface area contributed by atoms with E-state index >= 15 is 0 Å². The van der Waals surface area contributed by atoms with Gasteiger partial charge in [0.15, 0.2) is 0 Å². The molecule has 100 valence electrons. The lowest BCUT2D eigenvalue weighted by atomic mass is 10.1. The first kappa shape index (κ1) is 13.3. The van der Waals surface area contributed by atoms with Crippen molar-refractivity contribution >= 4 is 5.91 Å². The molecule has 0 spiro atoms. The van der Waals surface area contributed by atoms with Gasteiger partial charge in [-0.05, 0) is 11.6 Å². The quantitative estimate of drug-likeness (QED) is 0.891. The van der Waals surface area contributed by atoms with Gasteiger partial charge in [0.25, 0.3) is 5.91 Å². The molecule has 0 aliphatic heterocycles. The standard InChI is InChI=1S/C14H17N3O2/c1-17(9-11-7-15-16-8-11)14(18)13-6-4-3-5-12(13)10-19-2/h3-8H,9-10H2,1-2H3,(H,15,16).